The first-order valence-corrected chi connectivity index (χ1v) is 7.13. The van der Waals surface area contributed by atoms with Crippen molar-refractivity contribution in [3.05, 3.63) is 22.4 Å². The van der Waals surface area contributed by atoms with E-state index in [-0.39, 0.29) is 18.3 Å². The molecule has 96 valence electrons. The predicted octanol–water partition coefficient (Wildman–Crippen LogP) is 2.24. The Morgan fingerprint density at radius 1 is 1.41 bits per heavy atom. The molecule has 0 aromatic carbocycles. The second-order valence-corrected chi connectivity index (χ2v) is 5.41. The molecule has 0 amide bonds. The molecule has 4 heteroatoms. The van der Waals surface area contributed by atoms with Gasteiger partial charge in [-0.25, -0.2) is 0 Å². The van der Waals surface area contributed by atoms with E-state index in [0.29, 0.717) is 19.6 Å². The number of ether oxygens (including phenoxy) is 2. The third-order valence-electron chi connectivity index (χ3n) is 2.99. The smallest absolute Gasteiger partial charge is 0.110 e. The van der Waals surface area contributed by atoms with Gasteiger partial charge in [0.05, 0.1) is 18.8 Å². The van der Waals surface area contributed by atoms with Gasteiger partial charge in [-0.1, -0.05) is 13.0 Å². The van der Waals surface area contributed by atoms with Gasteiger partial charge in [0.2, 0.25) is 0 Å². The fraction of sp³-hybridized carbons (Fsp3) is 0.692. The Morgan fingerprint density at radius 3 is 2.94 bits per heavy atom. The molecule has 1 N–H and O–H groups in total. The van der Waals surface area contributed by atoms with Gasteiger partial charge in [-0.2, -0.15) is 0 Å². The van der Waals surface area contributed by atoms with Crippen molar-refractivity contribution in [2.24, 2.45) is 0 Å². The molecule has 1 aliphatic rings. The van der Waals surface area contributed by atoms with E-state index in [1.54, 1.807) is 11.3 Å². The van der Waals surface area contributed by atoms with Gasteiger partial charge in [0.1, 0.15) is 6.10 Å². The Labute approximate surface area is 106 Å². The Hall–Kier alpha value is -0.420. The lowest BCUT2D eigenvalue weighted by Gasteiger charge is -2.40. The fourth-order valence-electron chi connectivity index (χ4n) is 1.96. The van der Waals surface area contributed by atoms with Crippen LogP contribution in [0.25, 0.3) is 0 Å². The van der Waals surface area contributed by atoms with Crippen LogP contribution in [0.15, 0.2) is 17.5 Å². The molecular weight excluding hydrogens is 236 g/mol. The summed E-state index contributed by atoms with van der Waals surface area (Å²) in [5.74, 6) is 0. The van der Waals surface area contributed by atoms with E-state index < -0.39 is 0 Å². The SMILES string of the molecule is CCCOC1C(O)CC1OCCc1cccs1. The van der Waals surface area contributed by atoms with Crippen LogP contribution in [0.5, 0.6) is 0 Å². The quantitative estimate of drug-likeness (QED) is 0.813. The van der Waals surface area contributed by atoms with Crippen molar-refractivity contribution in [2.75, 3.05) is 13.2 Å². The summed E-state index contributed by atoms with van der Waals surface area (Å²) >= 11 is 1.75. The minimum absolute atomic E-state index is 0.0801. The van der Waals surface area contributed by atoms with Crippen LogP contribution in [0.4, 0.5) is 0 Å². The molecule has 1 fully saturated rings. The molecule has 0 radical (unpaired) electrons. The van der Waals surface area contributed by atoms with Gasteiger partial charge in [-0.15, -0.1) is 11.3 Å². The number of aliphatic hydroxyl groups is 1. The maximum Gasteiger partial charge on any atom is 0.110 e. The van der Waals surface area contributed by atoms with Crippen LogP contribution >= 0.6 is 11.3 Å². The summed E-state index contributed by atoms with van der Waals surface area (Å²) in [7, 11) is 0. The zero-order valence-corrected chi connectivity index (χ0v) is 11.0. The summed E-state index contributed by atoms with van der Waals surface area (Å²) in [6.45, 7) is 3.48. The topological polar surface area (TPSA) is 38.7 Å². The second kappa shape index (κ2) is 6.50. The number of hydrogen-bond acceptors (Lipinski definition) is 4. The van der Waals surface area contributed by atoms with Gasteiger partial charge in [0.15, 0.2) is 0 Å². The first kappa shape index (κ1) is 13.0. The molecule has 0 bridgehead atoms. The molecule has 1 saturated carbocycles. The average Bonchev–Trinajstić information content (AvgIpc) is 2.81. The van der Waals surface area contributed by atoms with Crippen molar-refractivity contribution in [1.29, 1.82) is 0 Å². The Kier molecular flexibility index (Phi) is 4.98. The third kappa shape index (κ3) is 3.52. The summed E-state index contributed by atoms with van der Waals surface area (Å²) in [6, 6.07) is 4.18. The maximum absolute atomic E-state index is 9.59. The highest BCUT2D eigenvalue weighted by molar-refractivity contribution is 7.09. The Morgan fingerprint density at radius 2 is 2.29 bits per heavy atom. The molecule has 17 heavy (non-hydrogen) atoms. The van der Waals surface area contributed by atoms with Gasteiger partial charge in [-0.3, -0.25) is 0 Å². The van der Waals surface area contributed by atoms with Gasteiger partial charge in [0, 0.05) is 24.3 Å². The van der Waals surface area contributed by atoms with Crippen LogP contribution in [0, 0.1) is 0 Å². The summed E-state index contributed by atoms with van der Waals surface area (Å²) in [5, 5.41) is 11.7. The highest BCUT2D eigenvalue weighted by Crippen LogP contribution is 2.27. The predicted molar refractivity (Wildman–Crippen MR) is 68.4 cm³/mol. The minimum Gasteiger partial charge on any atom is -0.390 e. The van der Waals surface area contributed by atoms with E-state index >= 15 is 0 Å². The van der Waals surface area contributed by atoms with E-state index in [1.165, 1.54) is 4.88 Å². The van der Waals surface area contributed by atoms with Crippen LogP contribution in [0.2, 0.25) is 0 Å². The molecule has 1 aliphatic carbocycles. The lowest BCUT2D eigenvalue weighted by molar-refractivity contribution is -0.191. The number of aliphatic hydroxyl groups excluding tert-OH is 1. The molecule has 0 spiro atoms. The van der Waals surface area contributed by atoms with Gasteiger partial charge < -0.3 is 14.6 Å². The molecule has 3 unspecified atom stereocenters. The molecule has 0 saturated heterocycles. The van der Waals surface area contributed by atoms with Crippen molar-refractivity contribution >= 4 is 11.3 Å². The molecule has 2 rings (SSSR count). The van der Waals surface area contributed by atoms with E-state index in [0.717, 1.165) is 12.8 Å². The average molecular weight is 256 g/mol. The zero-order valence-electron chi connectivity index (χ0n) is 10.2. The first-order valence-electron chi connectivity index (χ1n) is 6.25. The number of hydrogen-bond donors (Lipinski definition) is 1. The number of rotatable bonds is 7. The molecule has 1 aromatic rings. The second-order valence-electron chi connectivity index (χ2n) is 4.38. The van der Waals surface area contributed by atoms with Crippen molar-refractivity contribution in [3.63, 3.8) is 0 Å². The van der Waals surface area contributed by atoms with Crippen molar-refractivity contribution in [2.45, 2.75) is 44.5 Å². The lowest BCUT2D eigenvalue weighted by Crippen LogP contribution is -2.53. The van der Waals surface area contributed by atoms with Crippen molar-refractivity contribution in [1.82, 2.24) is 0 Å². The van der Waals surface area contributed by atoms with Crippen LogP contribution < -0.4 is 0 Å². The Bertz CT molecular complexity index is 312. The molecule has 3 atom stereocenters. The normalized spacial score (nSPS) is 28.0. The van der Waals surface area contributed by atoms with Gasteiger partial charge in [-0.05, 0) is 17.9 Å². The summed E-state index contributed by atoms with van der Waals surface area (Å²) < 4.78 is 11.3. The summed E-state index contributed by atoms with van der Waals surface area (Å²) in [4.78, 5) is 1.34. The fourth-order valence-corrected chi connectivity index (χ4v) is 2.65. The highest BCUT2D eigenvalue weighted by atomic mass is 32.1. The largest absolute Gasteiger partial charge is 0.390 e. The Balaban J connectivity index is 1.65. The van der Waals surface area contributed by atoms with E-state index in [9.17, 15) is 5.11 Å². The van der Waals surface area contributed by atoms with Crippen molar-refractivity contribution in [3.8, 4) is 0 Å². The van der Waals surface area contributed by atoms with Crippen LogP contribution in [0.3, 0.4) is 0 Å². The van der Waals surface area contributed by atoms with Crippen LogP contribution in [-0.2, 0) is 15.9 Å². The van der Waals surface area contributed by atoms with E-state index in [4.69, 9.17) is 9.47 Å². The summed E-state index contributed by atoms with van der Waals surface area (Å²) in [6.07, 6.45) is 2.26. The molecule has 1 aromatic heterocycles. The molecule has 1 heterocycles. The molecule has 0 aliphatic heterocycles. The molecular formula is C13H20O3S. The maximum atomic E-state index is 9.59. The van der Waals surface area contributed by atoms with E-state index in [2.05, 4.69) is 24.4 Å². The van der Waals surface area contributed by atoms with Gasteiger partial charge >= 0.3 is 0 Å². The highest BCUT2D eigenvalue weighted by Gasteiger charge is 2.41. The third-order valence-corrected chi connectivity index (χ3v) is 3.93. The van der Waals surface area contributed by atoms with Crippen LogP contribution in [-0.4, -0.2) is 36.6 Å². The van der Waals surface area contributed by atoms with E-state index in [1.807, 2.05) is 0 Å². The molecule has 3 nitrogen and oxygen atoms in total. The first-order chi connectivity index (χ1) is 8.31. The van der Waals surface area contributed by atoms with Crippen molar-refractivity contribution < 1.29 is 14.6 Å². The number of thiophene rings is 1. The minimum atomic E-state index is -0.340. The van der Waals surface area contributed by atoms with Crippen LogP contribution in [0.1, 0.15) is 24.6 Å². The lowest BCUT2D eigenvalue weighted by atomic mass is 9.88. The zero-order chi connectivity index (χ0) is 12.1. The van der Waals surface area contributed by atoms with Gasteiger partial charge in [0.25, 0.3) is 0 Å². The standard InChI is InChI=1S/C13H20O3S/c1-2-6-16-13-11(14)9-12(13)15-7-5-10-4-3-8-17-10/h3-4,8,11-14H,2,5-7,9H2,1H3. The summed E-state index contributed by atoms with van der Waals surface area (Å²) in [5.41, 5.74) is 0. The monoisotopic (exact) mass is 256 g/mol.